The number of nitrogens with zero attached hydrogens (tertiary/aromatic N) is 3. The lowest BCUT2D eigenvalue weighted by Gasteiger charge is -2.37. The fourth-order valence-electron chi connectivity index (χ4n) is 4.84. The van der Waals surface area contributed by atoms with Crippen molar-refractivity contribution >= 4 is 23.2 Å². The van der Waals surface area contributed by atoms with Gasteiger partial charge >= 0.3 is 0 Å². The summed E-state index contributed by atoms with van der Waals surface area (Å²) in [7, 11) is 0. The number of carbonyl (C=O) groups is 2. The zero-order valence-corrected chi connectivity index (χ0v) is 16.6. The molecule has 3 aliphatic rings. The van der Waals surface area contributed by atoms with Crippen LogP contribution in [0.4, 0.5) is 5.69 Å². The summed E-state index contributed by atoms with van der Waals surface area (Å²) in [4.78, 5) is 36.6. The molecule has 1 unspecified atom stereocenters. The van der Waals surface area contributed by atoms with Crippen molar-refractivity contribution in [1.29, 1.82) is 0 Å². The number of aryl methyl sites for hydroxylation is 1. The van der Waals surface area contributed by atoms with E-state index in [1.165, 1.54) is 0 Å². The number of aromatic nitrogens is 1. The average Bonchev–Trinajstić information content (AvgIpc) is 2.97. The lowest BCUT2D eigenvalue weighted by atomic mass is 9.71. The van der Waals surface area contributed by atoms with E-state index in [4.69, 9.17) is 0 Å². The van der Waals surface area contributed by atoms with Crippen LogP contribution in [0.25, 0.3) is 0 Å². The fourth-order valence-corrected chi connectivity index (χ4v) is 4.84. The molecule has 1 saturated heterocycles. The van der Waals surface area contributed by atoms with E-state index in [0.717, 1.165) is 55.7 Å². The van der Waals surface area contributed by atoms with Gasteiger partial charge in [-0.1, -0.05) is 12.5 Å². The molecule has 6 nitrogen and oxygen atoms in total. The van der Waals surface area contributed by atoms with E-state index in [0.29, 0.717) is 6.42 Å². The molecule has 6 heteroatoms. The minimum atomic E-state index is -0.348. The maximum atomic E-state index is 13.3. The van der Waals surface area contributed by atoms with Gasteiger partial charge < -0.3 is 10.2 Å². The van der Waals surface area contributed by atoms with Crippen LogP contribution in [0.1, 0.15) is 51.1 Å². The van der Waals surface area contributed by atoms with Crippen LogP contribution < -0.4 is 10.2 Å². The Kier molecular flexibility index (Phi) is 5.04. The molecular weight excluding hydrogens is 352 g/mol. The van der Waals surface area contributed by atoms with Gasteiger partial charge in [0.1, 0.15) is 6.04 Å². The fraction of sp³-hybridized carbons (Fsp3) is 0.545. The van der Waals surface area contributed by atoms with E-state index in [1.807, 2.05) is 43.0 Å². The van der Waals surface area contributed by atoms with Crippen LogP contribution in [0, 0.1) is 12.3 Å². The van der Waals surface area contributed by atoms with Crippen molar-refractivity contribution in [3.8, 4) is 0 Å². The third-order valence-electron chi connectivity index (χ3n) is 6.28. The minimum absolute atomic E-state index is 0.0159. The Morgan fingerprint density at radius 1 is 1.32 bits per heavy atom. The van der Waals surface area contributed by atoms with Gasteiger partial charge in [0.15, 0.2) is 0 Å². The highest BCUT2D eigenvalue weighted by Gasteiger charge is 2.49. The molecule has 0 radical (unpaired) electrons. The zero-order chi connectivity index (χ0) is 19.7. The summed E-state index contributed by atoms with van der Waals surface area (Å²) in [5.74, 6) is 0.185. The highest BCUT2D eigenvalue weighted by atomic mass is 16.2. The van der Waals surface area contributed by atoms with Gasteiger partial charge in [-0.2, -0.15) is 0 Å². The lowest BCUT2D eigenvalue weighted by molar-refractivity contribution is -0.129. The number of dihydropyridines is 1. The first-order valence-corrected chi connectivity index (χ1v) is 10.2. The Labute approximate surface area is 166 Å². The molecule has 148 valence electrons. The molecule has 28 heavy (non-hydrogen) atoms. The number of anilines is 1. The smallest absolute Gasteiger partial charge is 0.245 e. The quantitative estimate of drug-likeness (QED) is 0.876. The van der Waals surface area contributed by atoms with Crippen LogP contribution in [0.2, 0.25) is 0 Å². The molecule has 0 bridgehead atoms. The molecule has 1 aromatic heterocycles. The van der Waals surface area contributed by atoms with Crippen LogP contribution in [0.15, 0.2) is 35.5 Å². The van der Waals surface area contributed by atoms with Crippen molar-refractivity contribution < 1.29 is 9.59 Å². The van der Waals surface area contributed by atoms with Gasteiger partial charge in [0.25, 0.3) is 0 Å². The van der Waals surface area contributed by atoms with Crippen LogP contribution in [0.3, 0.4) is 0 Å². The van der Waals surface area contributed by atoms with E-state index >= 15 is 0 Å². The molecule has 1 saturated carbocycles. The SMILES string of the molecule is CC1=NC(C(=O)N[C@H]2CCC[C@]3(CCN(c4ccnc(C)c4)C3=O)C2)CC=C1. The highest BCUT2D eigenvalue weighted by Crippen LogP contribution is 2.46. The second kappa shape index (κ2) is 7.49. The summed E-state index contributed by atoms with van der Waals surface area (Å²) >= 11 is 0. The maximum Gasteiger partial charge on any atom is 0.245 e. The predicted molar refractivity (Wildman–Crippen MR) is 109 cm³/mol. The molecule has 1 spiro atoms. The van der Waals surface area contributed by atoms with Crippen LogP contribution in [-0.4, -0.2) is 41.1 Å². The van der Waals surface area contributed by atoms with Crippen LogP contribution in [-0.2, 0) is 9.59 Å². The van der Waals surface area contributed by atoms with Crippen molar-refractivity contribution in [3.63, 3.8) is 0 Å². The average molecular weight is 380 g/mol. The van der Waals surface area contributed by atoms with Gasteiger partial charge in [0, 0.05) is 35.9 Å². The maximum absolute atomic E-state index is 13.3. The second-order valence-corrected chi connectivity index (χ2v) is 8.37. The molecule has 2 aliphatic heterocycles. The summed E-state index contributed by atoms with van der Waals surface area (Å²) in [6, 6.07) is 3.59. The number of pyridine rings is 1. The van der Waals surface area contributed by atoms with Gasteiger partial charge in [-0.25, -0.2) is 0 Å². The van der Waals surface area contributed by atoms with Crippen molar-refractivity contribution in [2.75, 3.05) is 11.4 Å². The van der Waals surface area contributed by atoms with Gasteiger partial charge in [0.2, 0.25) is 11.8 Å². The van der Waals surface area contributed by atoms with Crippen LogP contribution in [0.5, 0.6) is 0 Å². The summed E-state index contributed by atoms with van der Waals surface area (Å²) in [6.45, 7) is 4.59. The predicted octanol–water partition coefficient (Wildman–Crippen LogP) is 2.96. The number of hydrogen-bond donors (Lipinski definition) is 1. The van der Waals surface area contributed by atoms with Gasteiger partial charge in [-0.05, 0) is 64.2 Å². The largest absolute Gasteiger partial charge is 0.351 e. The molecule has 1 N–H and O–H groups in total. The summed E-state index contributed by atoms with van der Waals surface area (Å²) < 4.78 is 0. The molecule has 2 amide bonds. The Hall–Kier alpha value is -2.50. The van der Waals surface area contributed by atoms with Gasteiger partial charge in [-0.15, -0.1) is 0 Å². The highest BCUT2D eigenvalue weighted by molar-refractivity contribution is 6.00. The number of amides is 2. The summed E-state index contributed by atoms with van der Waals surface area (Å²) in [5.41, 5.74) is 2.39. The molecule has 1 aromatic rings. The Bertz CT molecular complexity index is 847. The van der Waals surface area contributed by atoms with Gasteiger partial charge in [0.05, 0.1) is 5.41 Å². The normalized spacial score (nSPS) is 29.9. The molecule has 4 rings (SSSR count). The number of allylic oxidation sites excluding steroid dienone is 1. The number of hydrogen-bond acceptors (Lipinski definition) is 4. The lowest BCUT2D eigenvalue weighted by Crippen LogP contribution is -2.48. The first-order chi connectivity index (χ1) is 13.5. The first-order valence-electron chi connectivity index (χ1n) is 10.2. The Balaban J connectivity index is 1.44. The molecule has 3 heterocycles. The number of aliphatic imine (C=N–C) groups is 1. The Morgan fingerprint density at radius 2 is 2.18 bits per heavy atom. The molecule has 2 fully saturated rings. The van der Waals surface area contributed by atoms with E-state index in [2.05, 4.69) is 15.3 Å². The second-order valence-electron chi connectivity index (χ2n) is 8.37. The van der Waals surface area contributed by atoms with Crippen LogP contribution >= 0.6 is 0 Å². The molecular formula is C22H28N4O2. The third-order valence-corrected chi connectivity index (χ3v) is 6.28. The first kappa shape index (κ1) is 18.8. The van der Waals surface area contributed by atoms with Crippen molar-refractivity contribution in [3.05, 3.63) is 36.2 Å². The minimum Gasteiger partial charge on any atom is -0.351 e. The Morgan fingerprint density at radius 3 is 2.96 bits per heavy atom. The van der Waals surface area contributed by atoms with Crippen molar-refractivity contribution in [2.45, 2.75) is 64.5 Å². The number of nitrogens with one attached hydrogen (secondary N) is 1. The van der Waals surface area contributed by atoms with E-state index < -0.39 is 0 Å². The monoisotopic (exact) mass is 380 g/mol. The summed E-state index contributed by atoms with van der Waals surface area (Å²) in [5, 5.41) is 3.18. The summed E-state index contributed by atoms with van der Waals surface area (Å²) in [6.07, 6.45) is 10.7. The van der Waals surface area contributed by atoms with Gasteiger partial charge in [-0.3, -0.25) is 19.6 Å². The number of rotatable bonds is 3. The van der Waals surface area contributed by atoms with Crippen molar-refractivity contribution in [2.24, 2.45) is 10.4 Å². The number of carbonyl (C=O) groups excluding carboxylic acids is 2. The third kappa shape index (κ3) is 3.60. The van der Waals surface area contributed by atoms with E-state index in [-0.39, 0.29) is 29.3 Å². The molecule has 1 aliphatic carbocycles. The topological polar surface area (TPSA) is 74.7 Å². The molecule has 3 atom stereocenters. The standard InChI is InChI=1S/C22H28N4O2/c1-15-5-3-7-19(24-15)20(27)25-17-6-4-9-22(14-17)10-12-26(21(22)28)18-8-11-23-16(2)13-18/h3,5,8,11,13,17,19H,4,6-7,9-10,12,14H2,1-2H3,(H,25,27)/t17-,19?,22-/m0/s1. The van der Waals surface area contributed by atoms with Crippen molar-refractivity contribution in [1.82, 2.24) is 10.3 Å². The van der Waals surface area contributed by atoms with E-state index in [1.54, 1.807) is 6.20 Å². The molecule has 0 aromatic carbocycles. The van der Waals surface area contributed by atoms with E-state index in [9.17, 15) is 9.59 Å². The zero-order valence-electron chi connectivity index (χ0n) is 16.6.